The average molecular weight is 220 g/mol. The van der Waals surface area contributed by atoms with Crippen molar-refractivity contribution in [3.63, 3.8) is 0 Å². The van der Waals surface area contributed by atoms with Crippen LogP contribution in [0.25, 0.3) is 0 Å². The second-order valence-electron chi connectivity index (χ2n) is 5.24. The molecular formula is C17H16. The molecule has 0 spiro atoms. The van der Waals surface area contributed by atoms with Crippen LogP contribution in [0.3, 0.4) is 0 Å². The number of aryl methyl sites for hydroxylation is 1. The molecule has 0 fully saturated rings. The van der Waals surface area contributed by atoms with Gasteiger partial charge in [0.15, 0.2) is 0 Å². The third-order valence-electron chi connectivity index (χ3n) is 4.55. The lowest BCUT2D eigenvalue weighted by Gasteiger charge is -2.21. The van der Waals surface area contributed by atoms with Crippen LogP contribution < -0.4 is 0 Å². The maximum absolute atomic E-state index is 2.34. The highest BCUT2D eigenvalue weighted by molar-refractivity contribution is 5.60. The summed E-state index contributed by atoms with van der Waals surface area (Å²) in [4.78, 5) is 0. The molecule has 0 amide bonds. The van der Waals surface area contributed by atoms with E-state index in [2.05, 4.69) is 49.4 Å². The molecule has 0 heterocycles. The van der Waals surface area contributed by atoms with Gasteiger partial charge in [-0.15, -0.1) is 0 Å². The van der Waals surface area contributed by atoms with Gasteiger partial charge in [-0.25, -0.2) is 0 Å². The Morgan fingerprint density at radius 3 is 2.35 bits per heavy atom. The second kappa shape index (κ2) is 3.22. The molecule has 2 aromatic carbocycles. The van der Waals surface area contributed by atoms with Gasteiger partial charge in [0.05, 0.1) is 0 Å². The monoisotopic (exact) mass is 220 g/mol. The quantitative estimate of drug-likeness (QED) is 0.674. The summed E-state index contributed by atoms with van der Waals surface area (Å²) in [6, 6.07) is 15.9. The topological polar surface area (TPSA) is 0 Å². The van der Waals surface area contributed by atoms with Crippen LogP contribution in [-0.2, 0) is 6.42 Å². The first-order chi connectivity index (χ1) is 8.40. The Labute approximate surface area is 102 Å². The fourth-order valence-corrected chi connectivity index (χ4v) is 3.87. The molecule has 17 heavy (non-hydrogen) atoms. The van der Waals surface area contributed by atoms with Crippen molar-refractivity contribution in [1.82, 2.24) is 0 Å². The van der Waals surface area contributed by atoms with Gasteiger partial charge in [-0.05, 0) is 40.7 Å². The van der Waals surface area contributed by atoms with E-state index in [0.717, 1.165) is 6.42 Å². The van der Waals surface area contributed by atoms with Crippen molar-refractivity contribution < 1.29 is 0 Å². The fraction of sp³-hybridized carbons (Fsp3) is 0.294. The Morgan fingerprint density at radius 1 is 0.882 bits per heavy atom. The lowest BCUT2D eigenvalue weighted by atomic mass is 9.83. The number of hydrogen-bond acceptors (Lipinski definition) is 0. The maximum atomic E-state index is 2.34. The van der Waals surface area contributed by atoms with E-state index >= 15 is 0 Å². The largest absolute Gasteiger partial charge is 0.0620 e. The number of benzene rings is 2. The van der Waals surface area contributed by atoms with Crippen LogP contribution in [-0.4, -0.2) is 0 Å². The molecule has 2 atom stereocenters. The highest BCUT2D eigenvalue weighted by Crippen LogP contribution is 2.57. The summed E-state index contributed by atoms with van der Waals surface area (Å²) < 4.78 is 0. The molecule has 0 aromatic heterocycles. The van der Waals surface area contributed by atoms with E-state index in [-0.39, 0.29) is 0 Å². The first-order valence-corrected chi connectivity index (χ1v) is 6.60. The Kier molecular flexibility index (Phi) is 1.80. The second-order valence-corrected chi connectivity index (χ2v) is 5.24. The molecule has 0 saturated carbocycles. The Hall–Kier alpha value is -1.56. The normalized spacial score (nSPS) is 23.6. The number of hydrogen-bond donors (Lipinski definition) is 0. The molecule has 0 N–H and O–H groups in total. The van der Waals surface area contributed by atoms with Crippen LogP contribution in [0.1, 0.15) is 53.0 Å². The molecular weight excluding hydrogens is 204 g/mol. The molecule has 2 bridgehead atoms. The Morgan fingerprint density at radius 2 is 1.59 bits per heavy atom. The minimum atomic E-state index is 0.678. The lowest BCUT2D eigenvalue weighted by Crippen LogP contribution is -2.05. The molecule has 0 nitrogen and oxygen atoms in total. The van der Waals surface area contributed by atoms with Crippen LogP contribution in [0.15, 0.2) is 42.5 Å². The van der Waals surface area contributed by atoms with Crippen molar-refractivity contribution in [2.45, 2.75) is 31.6 Å². The SMILES string of the molecule is CCc1cccc2c1C1CC2c2ccccc21. The smallest absolute Gasteiger partial charge is 0.0107 e. The Balaban J connectivity index is 1.99. The van der Waals surface area contributed by atoms with Gasteiger partial charge in [-0.2, -0.15) is 0 Å². The lowest BCUT2D eigenvalue weighted by molar-refractivity contribution is 0.792. The van der Waals surface area contributed by atoms with E-state index in [4.69, 9.17) is 0 Å². The molecule has 2 aliphatic rings. The molecule has 0 aliphatic heterocycles. The van der Waals surface area contributed by atoms with E-state index < -0.39 is 0 Å². The van der Waals surface area contributed by atoms with Crippen molar-refractivity contribution in [2.24, 2.45) is 0 Å². The van der Waals surface area contributed by atoms with Gasteiger partial charge in [0, 0.05) is 11.8 Å². The van der Waals surface area contributed by atoms with Gasteiger partial charge in [-0.1, -0.05) is 49.4 Å². The first-order valence-electron chi connectivity index (χ1n) is 6.60. The van der Waals surface area contributed by atoms with Gasteiger partial charge in [0.2, 0.25) is 0 Å². The van der Waals surface area contributed by atoms with Gasteiger partial charge < -0.3 is 0 Å². The molecule has 2 aromatic rings. The minimum Gasteiger partial charge on any atom is -0.0620 e. The summed E-state index contributed by atoms with van der Waals surface area (Å²) in [5.74, 6) is 1.36. The number of rotatable bonds is 1. The molecule has 2 aliphatic carbocycles. The summed E-state index contributed by atoms with van der Waals surface area (Å²) in [5, 5.41) is 0. The fourth-order valence-electron chi connectivity index (χ4n) is 3.87. The zero-order valence-electron chi connectivity index (χ0n) is 10.1. The first kappa shape index (κ1) is 9.47. The molecule has 2 unspecified atom stereocenters. The highest BCUT2D eigenvalue weighted by Gasteiger charge is 2.41. The zero-order chi connectivity index (χ0) is 11.4. The van der Waals surface area contributed by atoms with Gasteiger partial charge in [0.25, 0.3) is 0 Å². The zero-order valence-corrected chi connectivity index (χ0v) is 10.1. The minimum absolute atomic E-state index is 0.678. The van der Waals surface area contributed by atoms with Crippen LogP contribution in [0.4, 0.5) is 0 Å². The Bertz CT molecular complexity index is 595. The molecule has 84 valence electrons. The summed E-state index contributed by atoms with van der Waals surface area (Å²) in [6.45, 7) is 2.27. The summed E-state index contributed by atoms with van der Waals surface area (Å²) >= 11 is 0. The van der Waals surface area contributed by atoms with E-state index in [1.165, 1.54) is 6.42 Å². The third kappa shape index (κ3) is 1.08. The van der Waals surface area contributed by atoms with Crippen LogP contribution in [0, 0.1) is 0 Å². The van der Waals surface area contributed by atoms with Crippen molar-refractivity contribution in [3.8, 4) is 0 Å². The molecule has 0 radical (unpaired) electrons. The van der Waals surface area contributed by atoms with Crippen LogP contribution >= 0.6 is 0 Å². The van der Waals surface area contributed by atoms with Crippen molar-refractivity contribution >= 4 is 0 Å². The van der Waals surface area contributed by atoms with E-state index in [1.54, 1.807) is 27.8 Å². The van der Waals surface area contributed by atoms with E-state index in [9.17, 15) is 0 Å². The predicted molar refractivity (Wildman–Crippen MR) is 70.6 cm³/mol. The van der Waals surface area contributed by atoms with E-state index in [0.29, 0.717) is 11.8 Å². The standard InChI is InChI=1S/C17H16/c1-2-11-6-5-9-14-15-10-16(17(11)14)13-8-4-3-7-12(13)15/h3-9,15-16H,2,10H2,1H3. The third-order valence-corrected chi connectivity index (χ3v) is 4.55. The average Bonchev–Trinajstić information content (AvgIpc) is 2.95. The van der Waals surface area contributed by atoms with Crippen LogP contribution in [0.5, 0.6) is 0 Å². The molecule has 4 rings (SSSR count). The summed E-state index contributed by atoms with van der Waals surface area (Å²) in [7, 11) is 0. The number of fused-ring (bicyclic) bond motifs is 8. The summed E-state index contributed by atoms with van der Waals surface area (Å²) in [6.07, 6.45) is 2.47. The highest BCUT2D eigenvalue weighted by atomic mass is 14.4. The molecule has 0 heteroatoms. The summed E-state index contributed by atoms with van der Waals surface area (Å²) in [5.41, 5.74) is 7.99. The van der Waals surface area contributed by atoms with Gasteiger partial charge in [-0.3, -0.25) is 0 Å². The predicted octanol–water partition coefficient (Wildman–Crippen LogP) is 4.23. The van der Waals surface area contributed by atoms with Crippen molar-refractivity contribution in [2.75, 3.05) is 0 Å². The van der Waals surface area contributed by atoms with Crippen molar-refractivity contribution in [3.05, 3.63) is 70.3 Å². The van der Waals surface area contributed by atoms with Gasteiger partial charge in [0.1, 0.15) is 0 Å². The van der Waals surface area contributed by atoms with Crippen molar-refractivity contribution in [1.29, 1.82) is 0 Å². The van der Waals surface area contributed by atoms with Crippen LogP contribution in [0.2, 0.25) is 0 Å². The van der Waals surface area contributed by atoms with Gasteiger partial charge >= 0.3 is 0 Å². The molecule has 0 saturated heterocycles. The maximum Gasteiger partial charge on any atom is 0.0107 e. The van der Waals surface area contributed by atoms with E-state index in [1.807, 2.05) is 0 Å².